The van der Waals surface area contributed by atoms with Crippen LogP contribution in [0.5, 0.6) is 17.2 Å². The molecule has 0 fully saturated rings. The van der Waals surface area contributed by atoms with Crippen molar-refractivity contribution in [3.8, 4) is 17.2 Å². The Bertz CT molecular complexity index is 1060. The molecule has 0 bridgehead atoms. The molecule has 172 valence electrons. The van der Waals surface area contributed by atoms with Crippen LogP contribution < -0.4 is 41.1 Å². The second-order valence-electron chi connectivity index (χ2n) is 7.42. The Hall–Kier alpha value is -2.80. The van der Waals surface area contributed by atoms with Gasteiger partial charge in [0, 0.05) is 25.0 Å². The fraction of sp³-hybridized carbons (Fsp3) is 0.360. The van der Waals surface area contributed by atoms with Crippen molar-refractivity contribution >= 4 is 16.7 Å². The monoisotopic (exact) mass is 502 g/mol. The van der Waals surface area contributed by atoms with E-state index in [9.17, 15) is 4.79 Å². The number of nitrogens with zero attached hydrogens (tertiary/aromatic N) is 1. The van der Waals surface area contributed by atoms with E-state index in [1.807, 2.05) is 12.1 Å². The Kier molecular flexibility index (Phi) is 9.32. The zero-order chi connectivity index (χ0) is 22.4. The maximum Gasteiger partial charge on any atom is 0.252 e. The van der Waals surface area contributed by atoms with Crippen LogP contribution in [0, 0.1) is 6.92 Å². The summed E-state index contributed by atoms with van der Waals surface area (Å²) in [6.45, 7) is 5.64. The number of pyridine rings is 1. The van der Waals surface area contributed by atoms with Gasteiger partial charge in [0.25, 0.3) is 5.91 Å². The molecule has 1 amide bonds. The van der Waals surface area contributed by atoms with Crippen LogP contribution >= 0.6 is 0 Å². The van der Waals surface area contributed by atoms with Crippen LogP contribution in [0.25, 0.3) is 10.8 Å². The Morgan fingerprint density at radius 3 is 2.25 bits per heavy atom. The van der Waals surface area contributed by atoms with Crippen LogP contribution in [0.15, 0.2) is 42.5 Å². The van der Waals surface area contributed by atoms with E-state index in [4.69, 9.17) is 14.2 Å². The lowest BCUT2D eigenvalue weighted by Crippen LogP contribution is -3.00. The predicted molar refractivity (Wildman–Crippen MR) is 121 cm³/mol. The SMILES string of the molecule is CCCC[n+]1c(C)cc2ccccc2c1CNC(=O)c1cc(OC)c(OC)c(OC)c1.[Br-]. The Labute approximate surface area is 200 Å². The minimum atomic E-state index is -0.202. The van der Waals surface area contributed by atoms with Gasteiger partial charge in [-0.2, -0.15) is 4.57 Å². The van der Waals surface area contributed by atoms with E-state index in [0.717, 1.165) is 30.5 Å². The number of methoxy groups -OCH3 is 3. The largest absolute Gasteiger partial charge is 1.00 e. The standard InChI is InChI=1S/C25H30N2O4.BrH/c1-6-7-12-27-17(2)13-18-10-8-9-11-20(18)21(27)16-26-25(28)19-14-22(29-3)24(31-5)23(15-19)30-4;/h8-11,13-15H,6-7,12,16H2,1-5H3;1H. The summed E-state index contributed by atoms with van der Waals surface area (Å²) in [6.07, 6.45) is 2.19. The third-order valence-electron chi connectivity index (χ3n) is 5.47. The lowest BCUT2D eigenvalue weighted by molar-refractivity contribution is -0.709. The maximum absolute atomic E-state index is 13.0. The molecule has 1 aromatic heterocycles. The molecule has 0 unspecified atom stereocenters. The molecule has 0 aliphatic heterocycles. The van der Waals surface area contributed by atoms with Gasteiger partial charge >= 0.3 is 0 Å². The van der Waals surface area contributed by atoms with Crippen molar-refractivity contribution in [2.45, 2.75) is 39.8 Å². The highest BCUT2D eigenvalue weighted by Crippen LogP contribution is 2.38. The number of carbonyl (C=O) groups excluding carboxylic acids is 1. The van der Waals surface area contributed by atoms with Crippen molar-refractivity contribution in [2.75, 3.05) is 21.3 Å². The van der Waals surface area contributed by atoms with Crippen LogP contribution in [-0.4, -0.2) is 27.2 Å². The normalized spacial score (nSPS) is 10.4. The summed E-state index contributed by atoms with van der Waals surface area (Å²) in [6, 6.07) is 13.8. The van der Waals surface area contributed by atoms with Crippen molar-refractivity contribution in [3.63, 3.8) is 0 Å². The Balaban J connectivity index is 0.00000363. The highest BCUT2D eigenvalue weighted by Gasteiger charge is 2.21. The lowest BCUT2D eigenvalue weighted by Gasteiger charge is -2.14. The highest BCUT2D eigenvalue weighted by molar-refractivity contribution is 5.96. The second-order valence-corrected chi connectivity index (χ2v) is 7.42. The highest BCUT2D eigenvalue weighted by atomic mass is 79.9. The molecule has 3 aromatic rings. The minimum Gasteiger partial charge on any atom is -1.00 e. The number of aromatic nitrogens is 1. The zero-order valence-electron chi connectivity index (χ0n) is 19.3. The Morgan fingerprint density at radius 1 is 1.00 bits per heavy atom. The third kappa shape index (κ3) is 5.33. The van der Waals surface area contributed by atoms with Gasteiger partial charge in [-0.15, -0.1) is 0 Å². The van der Waals surface area contributed by atoms with Gasteiger partial charge in [0.2, 0.25) is 11.4 Å². The van der Waals surface area contributed by atoms with E-state index in [2.05, 4.69) is 41.9 Å². The number of hydrogen-bond donors (Lipinski definition) is 1. The summed E-state index contributed by atoms with van der Waals surface area (Å²) in [4.78, 5) is 13.0. The first-order valence-electron chi connectivity index (χ1n) is 10.5. The van der Waals surface area contributed by atoms with Crippen molar-refractivity contribution in [1.29, 1.82) is 0 Å². The molecule has 2 aromatic carbocycles. The quantitative estimate of drug-likeness (QED) is 0.446. The first-order chi connectivity index (χ1) is 15.0. The van der Waals surface area contributed by atoms with Gasteiger partial charge in [-0.1, -0.05) is 31.5 Å². The number of fused-ring (bicyclic) bond motifs is 1. The van der Waals surface area contributed by atoms with Gasteiger partial charge in [0.05, 0.1) is 26.7 Å². The molecule has 3 rings (SSSR count). The number of benzene rings is 2. The number of nitrogens with one attached hydrogen (secondary N) is 1. The number of aryl methyl sites for hydroxylation is 1. The van der Waals surface area contributed by atoms with Crippen LogP contribution in [0.2, 0.25) is 0 Å². The molecule has 0 saturated carbocycles. The van der Waals surface area contributed by atoms with Gasteiger partial charge in [0.15, 0.2) is 17.2 Å². The molecule has 0 aliphatic rings. The zero-order valence-corrected chi connectivity index (χ0v) is 20.9. The summed E-state index contributed by atoms with van der Waals surface area (Å²) in [7, 11) is 4.61. The number of ether oxygens (including phenoxy) is 3. The predicted octanol–water partition coefficient (Wildman–Crippen LogP) is 1.20. The fourth-order valence-electron chi connectivity index (χ4n) is 3.84. The van der Waals surface area contributed by atoms with Gasteiger partial charge < -0.3 is 36.5 Å². The van der Waals surface area contributed by atoms with Crippen molar-refractivity contribution in [1.82, 2.24) is 5.32 Å². The number of rotatable bonds is 9. The molecule has 0 saturated heterocycles. The van der Waals surface area contributed by atoms with Crippen molar-refractivity contribution in [3.05, 3.63) is 59.4 Å². The number of amides is 1. The summed E-state index contributed by atoms with van der Waals surface area (Å²) in [5.41, 5.74) is 2.74. The fourth-order valence-corrected chi connectivity index (χ4v) is 3.84. The van der Waals surface area contributed by atoms with Crippen LogP contribution in [-0.2, 0) is 13.1 Å². The number of hydrogen-bond acceptors (Lipinski definition) is 4. The van der Waals surface area contributed by atoms with Gasteiger partial charge in [-0.05, 0) is 23.6 Å². The molecule has 0 aliphatic carbocycles. The molecule has 32 heavy (non-hydrogen) atoms. The maximum atomic E-state index is 13.0. The van der Waals surface area contributed by atoms with Gasteiger partial charge in [-0.25, -0.2) is 0 Å². The van der Waals surface area contributed by atoms with Crippen molar-refractivity contribution in [2.24, 2.45) is 0 Å². The molecule has 0 radical (unpaired) electrons. The van der Waals surface area contributed by atoms with Gasteiger partial charge in [0.1, 0.15) is 13.1 Å². The summed E-state index contributed by atoms with van der Waals surface area (Å²) >= 11 is 0. The number of halogens is 1. The molecule has 1 N–H and O–H groups in total. The van der Waals surface area contributed by atoms with Gasteiger partial charge in [-0.3, -0.25) is 4.79 Å². The Morgan fingerprint density at radius 2 is 1.66 bits per heavy atom. The third-order valence-corrected chi connectivity index (χ3v) is 5.47. The van der Waals surface area contributed by atoms with Crippen LogP contribution in [0.1, 0.15) is 41.5 Å². The molecule has 7 heteroatoms. The van der Waals surface area contributed by atoms with Crippen LogP contribution in [0.4, 0.5) is 0 Å². The molecule has 6 nitrogen and oxygen atoms in total. The van der Waals surface area contributed by atoms with E-state index in [0.29, 0.717) is 29.4 Å². The average Bonchev–Trinajstić information content (AvgIpc) is 2.80. The van der Waals surface area contributed by atoms with E-state index in [1.165, 1.54) is 32.4 Å². The summed E-state index contributed by atoms with van der Waals surface area (Å²) in [5.74, 6) is 1.16. The molecule has 0 spiro atoms. The van der Waals surface area contributed by atoms with E-state index in [1.54, 1.807) is 12.1 Å². The first-order valence-corrected chi connectivity index (χ1v) is 10.5. The molecule has 1 heterocycles. The smallest absolute Gasteiger partial charge is 0.252 e. The van der Waals surface area contributed by atoms with E-state index in [-0.39, 0.29) is 22.9 Å². The number of carbonyl (C=O) groups is 1. The first kappa shape index (κ1) is 25.5. The molecular weight excluding hydrogens is 472 g/mol. The van der Waals surface area contributed by atoms with E-state index < -0.39 is 0 Å². The topological polar surface area (TPSA) is 60.7 Å². The minimum absolute atomic E-state index is 0. The lowest BCUT2D eigenvalue weighted by atomic mass is 10.1. The van der Waals surface area contributed by atoms with Crippen molar-refractivity contribution < 1.29 is 40.6 Å². The van der Waals surface area contributed by atoms with Crippen LogP contribution in [0.3, 0.4) is 0 Å². The summed E-state index contributed by atoms with van der Waals surface area (Å²) in [5, 5.41) is 5.40. The van der Waals surface area contributed by atoms with E-state index >= 15 is 0 Å². The number of unbranched alkanes of at least 4 members (excludes halogenated alkanes) is 1. The molecule has 0 atom stereocenters. The molecular formula is C25H31BrN2O4. The summed E-state index contributed by atoms with van der Waals surface area (Å²) < 4.78 is 18.4. The second kappa shape index (κ2) is 11.7. The average molecular weight is 503 g/mol.